The minimum atomic E-state index is 0.218. The molecule has 1 heterocycles. The van der Waals surface area contributed by atoms with Crippen LogP contribution >= 0.6 is 22.6 Å². The van der Waals surface area contributed by atoms with Gasteiger partial charge in [-0.25, -0.2) is 0 Å². The Morgan fingerprint density at radius 1 is 1.44 bits per heavy atom. The summed E-state index contributed by atoms with van der Waals surface area (Å²) in [6, 6.07) is 6.68. The van der Waals surface area contributed by atoms with Crippen LogP contribution in [0.2, 0.25) is 0 Å². The molecule has 4 heteroatoms. The largest absolute Gasteiger partial charge is 0.306 e. The highest BCUT2D eigenvalue weighted by Gasteiger charge is 2.17. The highest BCUT2D eigenvalue weighted by molar-refractivity contribution is 14.1. The Bertz CT molecular complexity index is 534. The van der Waals surface area contributed by atoms with Crippen LogP contribution in [0.1, 0.15) is 29.7 Å². The third-order valence-corrected chi connectivity index (χ3v) is 4.47. The summed E-state index contributed by atoms with van der Waals surface area (Å²) in [5.41, 5.74) is 3.85. The van der Waals surface area contributed by atoms with Crippen molar-refractivity contribution in [1.29, 1.82) is 0 Å². The number of hydrogen-bond acceptors (Lipinski definition) is 2. The van der Waals surface area contributed by atoms with Gasteiger partial charge in [0.1, 0.15) is 0 Å². The van der Waals surface area contributed by atoms with E-state index in [4.69, 9.17) is 0 Å². The standard InChI is InChI=1S/C14H18IN3/c1-4-16-14(11-8-17-18(3)9-11)12-7-5-6-10(2)13(12)15/h5-9,14,16H,4H2,1-3H3. The number of hydrogen-bond donors (Lipinski definition) is 1. The third-order valence-electron chi connectivity index (χ3n) is 3.00. The molecule has 1 aromatic heterocycles. The first kappa shape index (κ1) is 13.5. The van der Waals surface area contributed by atoms with Crippen molar-refractivity contribution >= 4 is 22.6 Å². The molecule has 0 spiro atoms. The van der Waals surface area contributed by atoms with E-state index in [0.29, 0.717) is 0 Å². The number of benzene rings is 1. The fourth-order valence-corrected chi connectivity index (χ4v) is 2.76. The van der Waals surface area contributed by atoms with E-state index in [2.05, 4.69) is 71.2 Å². The molecular weight excluding hydrogens is 337 g/mol. The smallest absolute Gasteiger partial charge is 0.0618 e. The van der Waals surface area contributed by atoms with Crippen LogP contribution in [-0.4, -0.2) is 16.3 Å². The molecule has 0 saturated heterocycles. The first-order valence-corrected chi connectivity index (χ1v) is 7.18. The molecule has 1 N–H and O–H groups in total. The monoisotopic (exact) mass is 355 g/mol. The minimum absolute atomic E-state index is 0.218. The molecule has 2 aromatic rings. The molecule has 0 aliphatic carbocycles. The molecule has 1 aromatic carbocycles. The minimum Gasteiger partial charge on any atom is -0.306 e. The number of aromatic nitrogens is 2. The summed E-state index contributed by atoms with van der Waals surface area (Å²) in [6.45, 7) is 5.22. The quantitative estimate of drug-likeness (QED) is 0.855. The normalized spacial score (nSPS) is 12.7. The van der Waals surface area contributed by atoms with Crippen LogP contribution in [0, 0.1) is 10.5 Å². The van der Waals surface area contributed by atoms with Crippen molar-refractivity contribution < 1.29 is 0 Å². The fraction of sp³-hybridized carbons (Fsp3) is 0.357. The lowest BCUT2D eigenvalue weighted by atomic mass is 10.00. The summed E-state index contributed by atoms with van der Waals surface area (Å²) < 4.78 is 3.17. The highest BCUT2D eigenvalue weighted by atomic mass is 127. The van der Waals surface area contributed by atoms with Gasteiger partial charge in [-0.3, -0.25) is 4.68 Å². The lowest BCUT2D eigenvalue weighted by Gasteiger charge is -2.19. The van der Waals surface area contributed by atoms with Gasteiger partial charge in [0, 0.05) is 22.4 Å². The molecule has 0 saturated carbocycles. The maximum atomic E-state index is 4.27. The SMILES string of the molecule is CCNC(c1cnn(C)c1)c1cccc(C)c1I. The molecule has 0 aliphatic rings. The zero-order valence-corrected chi connectivity index (χ0v) is 13.1. The van der Waals surface area contributed by atoms with Crippen LogP contribution in [0.15, 0.2) is 30.6 Å². The van der Waals surface area contributed by atoms with Crippen molar-refractivity contribution in [2.24, 2.45) is 7.05 Å². The molecular formula is C14H18IN3. The second-order valence-corrected chi connectivity index (χ2v) is 5.49. The van der Waals surface area contributed by atoms with Crippen LogP contribution < -0.4 is 5.32 Å². The number of rotatable bonds is 4. The van der Waals surface area contributed by atoms with Crippen molar-refractivity contribution in [3.8, 4) is 0 Å². The number of aryl methyl sites for hydroxylation is 2. The molecule has 0 radical (unpaired) electrons. The van der Waals surface area contributed by atoms with Crippen molar-refractivity contribution in [3.05, 3.63) is 50.9 Å². The summed E-state index contributed by atoms with van der Waals surface area (Å²) in [6.07, 6.45) is 4.01. The second kappa shape index (κ2) is 5.84. The van der Waals surface area contributed by atoms with Gasteiger partial charge in [-0.2, -0.15) is 5.10 Å². The Kier molecular flexibility index (Phi) is 4.40. The van der Waals surface area contributed by atoms with Gasteiger partial charge in [-0.05, 0) is 47.2 Å². The topological polar surface area (TPSA) is 29.9 Å². The van der Waals surface area contributed by atoms with E-state index in [-0.39, 0.29) is 6.04 Å². The van der Waals surface area contributed by atoms with Gasteiger partial charge in [0.25, 0.3) is 0 Å². The number of nitrogens with one attached hydrogen (secondary N) is 1. The molecule has 18 heavy (non-hydrogen) atoms. The van der Waals surface area contributed by atoms with Gasteiger partial charge in [0.2, 0.25) is 0 Å². The Balaban J connectivity index is 2.44. The lowest BCUT2D eigenvalue weighted by Crippen LogP contribution is -2.22. The van der Waals surface area contributed by atoms with Gasteiger partial charge in [-0.15, -0.1) is 0 Å². The first-order chi connectivity index (χ1) is 8.63. The third kappa shape index (κ3) is 2.75. The van der Waals surface area contributed by atoms with E-state index in [9.17, 15) is 0 Å². The predicted octanol–water partition coefficient (Wildman–Crippen LogP) is 3.03. The van der Waals surface area contributed by atoms with E-state index in [1.54, 1.807) is 0 Å². The van der Waals surface area contributed by atoms with E-state index < -0.39 is 0 Å². The maximum absolute atomic E-state index is 4.27. The van der Waals surface area contributed by atoms with Crippen molar-refractivity contribution in [1.82, 2.24) is 15.1 Å². The van der Waals surface area contributed by atoms with Gasteiger partial charge in [0.05, 0.1) is 12.2 Å². The second-order valence-electron chi connectivity index (χ2n) is 4.42. The highest BCUT2D eigenvalue weighted by Crippen LogP contribution is 2.27. The van der Waals surface area contributed by atoms with Crippen LogP contribution in [0.5, 0.6) is 0 Å². The van der Waals surface area contributed by atoms with Crippen LogP contribution in [0.4, 0.5) is 0 Å². The number of nitrogens with zero attached hydrogens (tertiary/aromatic N) is 2. The summed E-state index contributed by atoms with van der Waals surface area (Å²) in [5, 5.41) is 7.81. The molecule has 1 atom stereocenters. The predicted molar refractivity (Wildman–Crippen MR) is 82.6 cm³/mol. The molecule has 0 amide bonds. The molecule has 3 nitrogen and oxygen atoms in total. The van der Waals surface area contributed by atoms with Gasteiger partial charge in [-0.1, -0.05) is 25.1 Å². The van der Waals surface area contributed by atoms with Gasteiger partial charge in [0.15, 0.2) is 0 Å². The van der Waals surface area contributed by atoms with E-state index in [1.165, 1.54) is 20.3 Å². The summed E-state index contributed by atoms with van der Waals surface area (Å²) in [7, 11) is 1.95. The fourth-order valence-electron chi connectivity index (χ4n) is 2.09. The zero-order valence-electron chi connectivity index (χ0n) is 10.9. The van der Waals surface area contributed by atoms with Crippen molar-refractivity contribution in [2.45, 2.75) is 19.9 Å². The zero-order chi connectivity index (χ0) is 13.1. The average molecular weight is 355 g/mol. The first-order valence-electron chi connectivity index (χ1n) is 6.10. The molecule has 0 bridgehead atoms. The molecule has 0 fully saturated rings. The Labute approximate surface area is 122 Å². The summed E-state index contributed by atoms with van der Waals surface area (Å²) in [5.74, 6) is 0. The average Bonchev–Trinajstić information content (AvgIpc) is 2.77. The summed E-state index contributed by atoms with van der Waals surface area (Å²) in [4.78, 5) is 0. The maximum Gasteiger partial charge on any atom is 0.0618 e. The van der Waals surface area contributed by atoms with E-state index in [0.717, 1.165) is 6.54 Å². The molecule has 1 unspecified atom stereocenters. The van der Waals surface area contributed by atoms with Crippen LogP contribution in [-0.2, 0) is 7.05 Å². The van der Waals surface area contributed by atoms with Crippen LogP contribution in [0.25, 0.3) is 0 Å². The van der Waals surface area contributed by atoms with Crippen molar-refractivity contribution in [3.63, 3.8) is 0 Å². The lowest BCUT2D eigenvalue weighted by molar-refractivity contribution is 0.627. The Hall–Kier alpha value is -0.880. The van der Waals surface area contributed by atoms with Crippen LogP contribution in [0.3, 0.4) is 0 Å². The van der Waals surface area contributed by atoms with E-state index in [1.807, 2.05) is 17.9 Å². The molecule has 2 rings (SSSR count). The van der Waals surface area contributed by atoms with Crippen molar-refractivity contribution in [2.75, 3.05) is 6.54 Å². The van der Waals surface area contributed by atoms with E-state index >= 15 is 0 Å². The Morgan fingerprint density at radius 3 is 2.83 bits per heavy atom. The summed E-state index contributed by atoms with van der Waals surface area (Å²) >= 11 is 2.43. The van der Waals surface area contributed by atoms with Gasteiger partial charge >= 0.3 is 0 Å². The Morgan fingerprint density at radius 2 is 2.22 bits per heavy atom. The van der Waals surface area contributed by atoms with Gasteiger partial charge < -0.3 is 5.32 Å². The number of halogens is 1. The molecule has 0 aliphatic heterocycles. The molecule has 96 valence electrons.